The van der Waals surface area contributed by atoms with E-state index in [-0.39, 0.29) is 11.8 Å². The van der Waals surface area contributed by atoms with Crippen molar-refractivity contribution in [1.29, 1.82) is 0 Å². The van der Waals surface area contributed by atoms with E-state index in [0.717, 1.165) is 38.4 Å². The first kappa shape index (κ1) is 18.0. The Hall–Kier alpha value is -2.37. The van der Waals surface area contributed by atoms with Crippen LogP contribution in [-0.4, -0.2) is 60.8 Å². The van der Waals surface area contributed by atoms with Crippen molar-refractivity contribution >= 4 is 17.8 Å². The second kappa shape index (κ2) is 7.33. The van der Waals surface area contributed by atoms with E-state index in [9.17, 15) is 9.59 Å². The van der Waals surface area contributed by atoms with Gasteiger partial charge in [0.2, 0.25) is 0 Å². The summed E-state index contributed by atoms with van der Waals surface area (Å²) in [5, 5.41) is 3.45. The molecule has 1 N–H and O–H groups in total. The Morgan fingerprint density at radius 3 is 2.37 bits per heavy atom. The van der Waals surface area contributed by atoms with E-state index in [1.807, 2.05) is 7.05 Å². The van der Waals surface area contributed by atoms with Crippen LogP contribution in [0, 0.1) is 5.41 Å². The molecule has 6 nitrogen and oxygen atoms in total. The van der Waals surface area contributed by atoms with E-state index in [2.05, 4.69) is 15.2 Å². The second-order valence-electron chi connectivity index (χ2n) is 8.01. The normalized spacial score (nSPS) is 21.0. The molecule has 27 heavy (non-hydrogen) atoms. The van der Waals surface area contributed by atoms with Crippen LogP contribution in [0.3, 0.4) is 0 Å². The Balaban J connectivity index is 1.21. The average Bonchev–Trinajstić information content (AvgIpc) is 3.21. The largest absolute Gasteiger partial charge is 0.356 e. The summed E-state index contributed by atoms with van der Waals surface area (Å²) in [6.07, 6.45) is 7.07. The van der Waals surface area contributed by atoms with Crippen molar-refractivity contribution in [3.63, 3.8) is 0 Å². The van der Waals surface area contributed by atoms with Gasteiger partial charge in [-0.2, -0.15) is 0 Å². The third-order valence-corrected chi connectivity index (χ3v) is 6.33. The van der Waals surface area contributed by atoms with Crippen LogP contribution in [0.5, 0.6) is 0 Å². The van der Waals surface area contributed by atoms with Crippen LogP contribution in [-0.2, 0) is 0 Å². The minimum Gasteiger partial charge on any atom is -0.356 e. The van der Waals surface area contributed by atoms with E-state index in [1.54, 1.807) is 24.3 Å². The topological polar surface area (TPSA) is 65.0 Å². The number of likely N-dealkylation sites (tertiary alicyclic amines) is 1. The number of unbranched alkanes of at least 4 members (excludes halogenated alkanes) is 1. The van der Waals surface area contributed by atoms with Crippen molar-refractivity contribution in [1.82, 2.24) is 15.1 Å². The van der Waals surface area contributed by atoms with E-state index >= 15 is 0 Å². The standard InChI is InChI=1S/C21H28N4O2/c1-22-20(24-14-11-21(15-24)9-6-10-21)23-12-4-5-13-25-18(26)16-7-2-3-8-17(16)19(25)27/h2-3,7-8H,4-6,9-15H2,1H3,(H,22,23). The van der Waals surface area contributed by atoms with Gasteiger partial charge in [0.15, 0.2) is 5.96 Å². The number of hydrogen-bond donors (Lipinski definition) is 1. The molecule has 1 aromatic carbocycles. The smallest absolute Gasteiger partial charge is 0.261 e. The first-order valence-electron chi connectivity index (χ1n) is 10.0. The number of benzene rings is 1. The molecule has 1 saturated heterocycles. The summed E-state index contributed by atoms with van der Waals surface area (Å²) >= 11 is 0. The van der Waals surface area contributed by atoms with Gasteiger partial charge in [-0.15, -0.1) is 0 Å². The van der Waals surface area contributed by atoms with Gasteiger partial charge >= 0.3 is 0 Å². The Bertz CT molecular complexity index is 734. The maximum absolute atomic E-state index is 12.4. The highest BCUT2D eigenvalue weighted by molar-refractivity contribution is 6.21. The first-order chi connectivity index (χ1) is 13.1. The minimum atomic E-state index is -0.165. The van der Waals surface area contributed by atoms with Gasteiger partial charge in [0.1, 0.15) is 0 Å². The second-order valence-corrected chi connectivity index (χ2v) is 8.01. The number of imide groups is 1. The summed E-state index contributed by atoms with van der Waals surface area (Å²) in [5.74, 6) is 0.656. The van der Waals surface area contributed by atoms with Gasteiger partial charge in [-0.1, -0.05) is 18.6 Å². The highest BCUT2D eigenvalue weighted by Gasteiger charge is 2.43. The number of hydrogen-bond acceptors (Lipinski definition) is 3. The van der Waals surface area contributed by atoms with Crippen molar-refractivity contribution < 1.29 is 9.59 Å². The minimum absolute atomic E-state index is 0.165. The molecule has 0 atom stereocenters. The molecular formula is C21H28N4O2. The predicted molar refractivity (Wildman–Crippen MR) is 105 cm³/mol. The highest BCUT2D eigenvalue weighted by Crippen LogP contribution is 2.47. The number of fused-ring (bicyclic) bond motifs is 1. The summed E-state index contributed by atoms with van der Waals surface area (Å²) in [4.78, 5) is 32.9. The summed E-state index contributed by atoms with van der Waals surface area (Å²) in [5.41, 5.74) is 1.61. The Morgan fingerprint density at radius 1 is 1.11 bits per heavy atom. The molecule has 4 rings (SSSR count). The maximum atomic E-state index is 12.4. The molecule has 2 heterocycles. The number of carbonyl (C=O) groups excluding carboxylic acids is 2. The zero-order valence-corrected chi connectivity index (χ0v) is 16.0. The lowest BCUT2D eigenvalue weighted by atomic mass is 9.68. The quantitative estimate of drug-likeness (QED) is 0.375. The van der Waals surface area contributed by atoms with Crippen molar-refractivity contribution in [2.24, 2.45) is 10.4 Å². The zero-order valence-electron chi connectivity index (χ0n) is 16.0. The number of aliphatic imine (C=N–C) groups is 1. The summed E-state index contributed by atoms with van der Waals surface area (Å²) in [6.45, 7) is 3.50. The van der Waals surface area contributed by atoms with Crippen LogP contribution in [0.25, 0.3) is 0 Å². The van der Waals surface area contributed by atoms with Crippen molar-refractivity contribution in [3.05, 3.63) is 35.4 Å². The molecule has 2 aliphatic heterocycles. The van der Waals surface area contributed by atoms with Gasteiger partial charge in [-0.05, 0) is 49.7 Å². The van der Waals surface area contributed by atoms with Crippen LogP contribution in [0.1, 0.15) is 59.2 Å². The van der Waals surface area contributed by atoms with Gasteiger partial charge in [0.25, 0.3) is 11.8 Å². The van der Waals surface area contributed by atoms with E-state index in [0.29, 0.717) is 23.1 Å². The molecule has 2 amide bonds. The lowest BCUT2D eigenvalue weighted by Gasteiger charge is -2.38. The third kappa shape index (κ3) is 3.33. The summed E-state index contributed by atoms with van der Waals surface area (Å²) < 4.78 is 0. The Morgan fingerprint density at radius 2 is 1.81 bits per heavy atom. The fourth-order valence-corrected chi connectivity index (χ4v) is 4.57. The zero-order chi connectivity index (χ0) is 18.9. The number of carbonyl (C=O) groups is 2. The first-order valence-corrected chi connectivity index (χ1v) is 10.0. The average molecular weight is 368 g/mol. The van der Waals surface area contributed by atoms with Crippen LogP contribution in [0.15, 0.2) is 29.3 Å². The van der Waals surface area contributed by atoms with Gasteiger partial charge in [0, 0.05) is 33.2 Å². The molecule has 1 aliphatic carbocycles. The molecule has 1 spiro atoms. The molecule has 1 aromatic rings. The van der Waals surface area contributed by atoms with Crippen LogP contribution < -0.4 is 5.32 Å². The van der Waals surface area contributed by atoms with E-state index in [1.165, 1.54) is 30.6 Å². The fraction of sp³-hybridized carbons (Fsp3) is 0.571. The lowest BCUT2D eigenvalue weighted by Crippen LogP contribution is -2.43. The fourth-order valence-electron chi connectivity index (χ4n) is 4.57. The maximum Gasteiger partial charge on any atom is 0.261 e. The predicted octanol–water partition coefficient (Wildman–Crippen LogP) is 2.51. The number of nitrogens with one attached hydrogen (secondary N) is 1. The molecule has 0 aromatic heterocycles. The highest BCUT2D eigenvalue weighted by atomic mass is 16.2. The molecule has 0 radical (unpaired) electrons. The molecule has 0 unspecified atom stereocenters. The molecular weight excluding hydrogens is 340 g/mol. The summed E-state index contributed by atoms with van der Waals surface area (Å²) in [6, 6.07) is 7.06. The monoisotopic (exact) mass is 368 g/mol. The molecule has 144 valence electrons. The molecule has 1 saturated carbocycles. The van der Waals surface area contributed by atoms with E-state index < -0.39 is 0 Å². The van der Waals surface area contributed by atoms with Crippen LogP contribution in [0.2, 0.25) is 0 Å². The molecule has 2 fully saturated rings. The lowest BCUT2D eigenvalue weighted by molar-refractivity contribution is 0.0652. The molecule has 6 heteroatoms. The molecule has 3 aliphatic rings. The number of amides is 2. The number of rotatable bonds is 5. The Kier molecular flexibility index (Phi) is 4.89. The number of guanidine groups is 1. The van der Waals surface area contributed by atoms with Crippen molar-refractivity contribution in [2.75, 3.05) is 33.2 Å². The third-order valence-electron chi connectivity index (χ3n) is 6.33. The van der Waals surface area contributed by atoms with Crippen LogP contribution in [0.4, 0.5) is 0 Å². The van der Waals surface area contributed by atoms with Crippen LogP contribution >= 0.6 is 0 Å². The van der Waals surface area contributed by atoms with Crippen molar-refractivity contribution in [2.45, 2.75) is 38.5 Å². The van der Waals surface area contributed by atoms with Gasteiger partial charge in [0.05, 0.1) is 11.1 Å². The van der Waals surface area contributed by atoms with Gasteiger partial charge < -0.3 is 10.2 Å². The Labute approximate surface area is 160 Å². The van der Waals surface area contributed by atoms with Crippen molar-refractivity contribution in [3.8, 4) is 0 Å². The van der Waals surface area contributed by atoms with Gasteiger partial charge in [-0.25, -0.2) is 0 Å². The SMILES string of the molecule is CN=C(NCCCCN1C(=O)c2ccccc2C1=O)N1CCC2(CCC2)C1. The van der Waals surface area contributed by atoms with E-state index in [4.69, 9.17) is 0 Å². The van der Waals surface area contributed by atoms with Gasteiger partial charge in [-0.3, -0.25) is 19.5 Å². The number of nitrogens with zero attached hydrogens (tertiary/aromatic N) is 3. The summed E-state index contributed by atoms with van der Waals surface area (Å²) in [7, 11) is 1.84. The molecule has 0 bridgehead atoms.